The molecule has 1 aliphatic heterocycles. The van der Waals surface area contributed by atoms with E-state index in [-0.39, 0.29) is 17.7 Å². The Morgan fingerprint density at radius 1 is 1.20 bits per heavy atom. The summed E-state index contributed by atoms with van der Waals surface area (Å²) in [5.74, 6) is -0.408. The van der Waals surface area contributed by atoms with Gasteiger partial charge in [-0.3, -0.25) is 9.36 Å². The van der Waals surface area contributed by atoms with E-state index in [2.05, 4.69) is 45.1 Å². The second-order valence-corrected chi connectivity index (χ2v) is 12.0. The molecule has 5 rings (SSSR count). The highest BCUT2D eigenvalue weighted by atomic mass is 127. The fourth-order valence-corrected chi connectivity index (χ4v) is 7.22. The maximum absolute atomic E-state index is 14.1. The number of esters is 1. The molecule has 2 heterocycles. The van der Waals surface area contributed by atoms with Gasteiger partial charge in [-0.15, -0.1) is 0 Å². The summed E-state index contributed by atoms with van der Waals surface area (Å²) in [6.45, 7) is 5.88. The van der Waals surface area contributed by atoms with Crippen LogP contribution in [0.2, 0.25) is 0 Å². The number of rotatable bonds is 8. The molecule has 1 aromatic heterocycles. The molecule has 0 fully saturated rings. The van der Waals surface area contributed by atoms with Crippen LogP contribution in [0, 0.1) is 9.39 Å². The minimum absolute atomic E-state index is 0.139. The lowest BCUT2D eigenvalue weighted by atomic mass is 9.93. The molecule has 0 spiro atoms. The van der Waals surface area contributed by atoms with Crippen LogP contribution in [0.4, 0.5) is 4.39 Å². The van der Waals surface area contributed by atoms with E-state index in [1.807, 2.05) is 42.5 Å². The van der Waals surface area contributed by atoms with Crippen LogP contribution in [0.3, 0.4) is 0 Å². The third kappa shape index (κ3) is 6.00. The SMILES string of the molecule is C=CCOc1c(I)cc(Br)cc1/C=c1\sc2n(c1=O)[C@@H](c1ccc(F)cc1)C(C(=O)OCC)=C(c1ccccc1)N=2. The van der Waals surface area contributed by atoms with Crippen molar-refractivity contribution in [1.82, 2.24) is 4.57 Å². The number of fused-ring (bicyclic) bond motifs is 1. The molecular weight excluding hydrogens is 722 g/mol. The summed E-state index contributed by atoms with van der Waals surface area (Å²) in [7, 11) is 0. The Hall–Kier alpha value is -3.35. The number of halogens is 3. The van der Waals surface area contributed by atoms with Crippen molar-refractivity contribution in [2.45, 2.75) is 13.0 Å². The molecule has 0 amide bonds. The number of ether oxygens (including phenoxy) is 2. The van der Waals surface area contributed by atoms with E-state index in [0.29, 0.717) is 44.1 Å². The van der Waals surface area contributed by atoms with Crippen LogP contribution < -0.4 is 19.6 Å². The van der Waals surface area contributed by atoms with Gasteiger partial charge in [-0.05, 0) is 65.4 Å². The zero-order valence-electron chi connectivity index (χ0n) is 21.8. The molecular formula is C31H23BrFIN2O4S. The monoisotopic (exact) mass is 744 g/mol. The first-order valence-electron chi connectivity index (χ1n) is 12.6. The summed E-state index contributed by atoms with van der Waals surface area (Å²) >= 11 is 6.92. The topological polar surface area (TPSA) is 69.9 Å². The van der Waals surface area contributed by atoms with Gasteiger partial charge in [0.1, 0.15) is 18.2 Å². The van der Waals surface area contributed by atoms with Gasteiger partial charge in [0.15, 0.2) is 4.80 Å². The molecule has 1 atom stereocenters. The molecule has 3 aromatic carbocycles. The van der Waals surface area contributed by atoms with E-state index in [1.54, 1.807) is 31.2 Å². The predicted molar refractivity (Wildman–Crippen MR) is 170 cm³/mol. The van der Waals surface area contributed by atoms with Crippen molar-refractivity contribution in [3.8, 4) is 5.75 Å². The average Bonchev–Trinajstić information content (AvgIpc) is 3.27. The van der Waals surface area contributed by atoms with Crippen LogP contribution in [0.5, 0.6) is 5.75 Å². The van der Waals surface area contributed by atoms with Crippen LogP contribution in [0.1, 0.15) is 29.7 Å². The van der Waals surface area contributed by atoms with Gasteiger partial charge in [0, 0.05) is 15.6 Å². The number of hydrogen-bond donors (Lipinski definition) is 0. The van der Waals surface area contributed by atoms with Crippen LogP contribution in [0.25, 0.3) is 11.8 Å². The van der Waals surface area contributed by atoms with E-state index in [4.69, 9.17) is 14.5 Å². The maximum atomic E-state index is 14.1. The third-order valence-corrected chi connectivity index (χ3v) is 8.47. The largest absolute Gasteiger partial charge is 0.488 e. The van der Waals surface area contributed by atoms with Gasteiger partial charge in [0.2, 0.25) is 0 Å². The number of aromatic nitrogens is 1. The molecule has 0 unspecified atom stereocenters. The summed E-state index contributed by atoms with van der Waals surface area (Å²) in [5.41, 5.74) is 2.21. The Kier molecular flexibility index (Phi) is 9.00. The number of carbonyl (C=O) groups excluding carboxylic acids is 1. The van der Waals surface area contributed by atoms with E-state index >= 15 is 0 Å². The smallest absolute Gasteiger partial charge is 0.338 e. The minimum Gasteiger partial charge on any atom is -0.488 e. The third-order valence-electron chi connectivity index (χ3n) is 6.23. The zero-order valence-corrected chi connectivity index (χ0v) is 26.3. The van der Waals surface area contributed by atoms with Gasteiger partial charge in [-0.2, -0.15) is 0 Å². The highest BCUT2D eigenvalue weighted by Crippen LogP contribution is 2.35. The van der Waals surface area contributed by atoms with Crippen molar-refractivity contribution >= 4 is 67.6 Å². The Morgan fingerprint density at radius 3 is 2.61 bits per heavy atom. The maximum Gasteiger partial charge on any atom is 0.338 e. The molecule has 6 nitrogen and oxygen atoms in total. The van der Waals surface area contributed by atoms with Crippen LogP contribution in [-0.4, -0.2) is 23.8 Å². The number of thiazole rings is 1. The quantitative estimate of drug-likeness (QED) is 0.126. The Morgan fingerprint density at radius 2 is 1.93 bits per heavy atom. The van der Waals surface area contributed by atoms with Gasteiger partial charge in [0.25, 0.3) is 5.56 Å². The lowest BCUT2D eigenvalue weighted by Gasteiger charge is -2.25. The highest BCUT2D eigenvalue weighted by Gasteiger charge is 2.35. The Labute approximate surface area is 261 Å². The van der Waals surface area contributed by atoms with Gasteiger partial charge < -0.3 is 9.47 Å². The van der Waals surface area contributed by atoms with Crippen molar-refractivity contribution in [3.63, 3.8) is 0 Å². The lowest BCUT2D eigenvalue weighted by Crippen LogP contribution is -2.40. The van der Waals surface area contributed by atoms with Crippen LogP contribution >= 0.6 is 49.9 Å². The van der Waals surface area contributed by atoms with E-state index in [9.17, 15) is 14.0 Å². The number of carbonyl (C=O) groups is 1. The van der Waals surface area contributed by atoms with Gasteiger partial charge in [-0.1, -0.05) is 82.4 Å². The van der Waals surface area contributed by atoms with Gasteiger partial charge >= 0.3 is 5.97 Å². The first-order valence-corrected chi connectivity index (χ1v) is 15.3. The minimum atomic E-state index is -0.887. The molecule has 0 saturated carbocycles. The van der Waals surface area contributed by atoms with Crippen molar-refractivity contribution < 1.29 is 18.7 Å². The average molecular weight is 745 g/mol. The fourth-order valence-electron chi connectivity index (χ4n) is 4.52. The van der Waals surface area contributed by atoms with Crippen molar-refractivity contribution in [1.29, 1.82) is 0 Å². The molecule has 0 bridgehead atoms. The molecule has 1 aliphatic rings. The molecule has 0 aliphatic carbocycles. The van der Waals surface area contributed by atoms with Crippen LogP contribution in [0.15, 0.2) is 99.2 Å². The normalized spacial score (nSPS) is 14.8. The standard InChI is InChI=1S/C31H23BrFIN2O4S/c1-3-14-40-28-20(15-21(32)17-23(28)34)16-24-29(37)36-27(19-10-12-22(33)13-11-19)25(30(38)39-4-2)26(35-31(36)41-24)18-8-6-5-7-9-18/h3,5-13,15-17,27H,1,4,14H2,2H3/b24-16-/t27-/m0/s1. The second kappa shape index (κ2) is 12.7. The lowest BCUT2D eigenvalue weighted by molar-refractivity contribution is -0.138. The molecule has 10 heteroatoms. The summed E-state index contributed by atoms with van der Waals surface area (Å²) in [4.78, 5) is 32.8. The molecule has 41 heavy (non-hydrogen) atoms. The summed E-state index contributed by atoms with van der Waals surface area (Å²) < 4.78 is 28.9. The molecule has 0 saturated heterocycles. The predicted octanol–water partition coefficient (Wildman–Crippen LogP) is 6.01. The number of nitrogens with zero attached hydrogens (tertiary/aromatic N) is 2. The van der Waals surface area contributed by atoms with Crippen molar-refractivity contribution in [3.05, 3.63) is 135 Å². The van der Waals surface area contributed by atoms with Crippen molar-refractivity contribution in [2.75, 3.05) is 13.2 Å². The molecule has 0 N–H and O–H groups in total. The first-order chi connectivity index (χ1) is 19.8. The number of benzene rings is 3. The van der Waals surface area contributed by atoms with Crippen molar-refractivity contribution in [2.24, 2.45) is 4.99 Å². The summed E-state index contributed by atoms with van der Waals surface area (Å²) in [6, 6.07) is 17.9. The molecule has 0 radical (unpaired) electrons. The molecule has 4 aromatic rings. The Balaban J connectivity index is 1.82. The first kappa shape index (κ1) is 29.2. The van der Waals surface area contributed by atoms with Crippen LogP contribution in [-0.2, 0) is 9.53 Å². The fraction of sp³-hybridized carbons (Fsp3) is 0.129. The zero-order chi connectivity index (χ0) is 29.1. The van der Waals surface area contributed by atoms with Gasteiger partial charge in [0.05, 0.1) is 32.0 Å². The molecule has 208 valence electrons. The van der Waals surface area contributed by atoms with E-state index in [0.717, 1.165) is 8.04 Å². The van der Waals surface area contributed by atoms with Gasteiger partial charge in [-0.25, -0.2) is 14.2 Å². The summed E-state index contributed by atoms with van der Waals surface area (Å²) in [5, 5.41) is 0. The van der Waals surface area contributed by atoms with E-state index < -0.39 is 17.8 Å². The number of hydrogen-bond acceptors (Lipinski definition) is 6. The second-order valence-electron chi connectivity index (χ2n) is 8.89. The van der Waals surface area contributed by atoms with E-state index in [1.165, 1.54) is 28.0 Å². The summed E-state index contributed by atoms with van der Waals surface area (Å²) in [6.07, 6.45) is 3.41. The Bertz CT molecular complexity index is 1850. The highest BCUT2D eigenvalue weighted by molar-refractivity contribution is 14.1.